The summed E-state index contributed by atoms with van der Waals surface area (Å²) < 4.78 is 0. The summed E-state index contributed by atoms with van der Waals surface area (Å²) in [4.78, 5) is 34.1. The number of nitrogens with zero attached hydrogens (tertiary/aromatic N) is 3. The zero-order valence-electron chi connectivity index (χ0n) is 19.7. The van der Waals surface area contributed by atoms with Crippen LogP contribution < -0.4 is 0 Å². The highest BCUT2D eigenvalue weighted by Gasteiger charge is 2.32. The minimum Gasteiger partial charge on any atom is -0.340 e. The summed E-state index contributed by atoms with van der Waals surface area (Å²) >= 11 is 1.82. The van der Waals surface area contributed by atoms with Gasteiger partial charge in [-0.15, -0.1) is 11.3 Å². The zero-order valence-corrected chi connectivity index (χ0v) is 20.5. The predicted molar refractivity (Wildman–Crippen MR) is 136 cm³/mol. The molecular formula is C28H31N3O2S. The van der Waals surface area contributed by atoms with E-state index < -0.39 is 0 Å². The van der Waals surface area contributed by atoms with Crippen molar-refractivity contribution < 1.29 is 9.59 Å². The second-order valence-electron chi connectivity index (χ2n) is 9.17. The number of carbonyl (C=O) groups excluding carboxylic acids is 2. The fourth-order valence-electron chi connectivity index (χ4n) is 5.19. The predicted octanol–water partition coefficient (Wildman–Crippen LogP) is 4.38. The van der Waals surface area contributed by atoms with Crippen LogP contribution in [0, 0.1) is 6.92 Å². The Bertz CT molecular complexity index is 1160. The molecule has 6 heteroatoms. The molecule has 5 rings (SSSR count). The Hall–Kier alpha value is -2.96. The molecule has 2 aliphatic heterocycles. The first-order chi connectivity index (χ1) is 16.6. The van der Waals surface area contributed by atoms with Crippen LogP contribution in [0.5, 0.6) is 0 Å². The average molecular weight is 474 g/mol. The number of fused-ring (bicyclic) bond motifs is 1. The van der Waals surface area contributed by atoms with Gasteiger partial charge in [0.2, 0.25) is 5.91 Å². The van der Waals surface area contributed by atoms with Gasteiger partial charge in [0.05, 0.1) is 12.6 Å². The molecule has 0 aliphatic carbocycles. The number of benzene rings is 2. The molecule has 0 saturated carbocycles. The summed E-state index contributed by atoms with van der Waals surface area (Å²) in [7, 11) is 0. The van der Waals surface area contributed by atoms with Gasteiger partial charge in [0.15, 0.2) is 0 Å². The fourth-order valence-corrected chi connectivity index (χ4v) is 6.10. The first-order valence-corrected chi connectivity index (χ1v) is 13.0. The number of aryl methyl sites for hydroxylation is 1. The molecule has 0 unspecified atom stereocenters. The Balaban J connectivity index is 1.27. The van der Waals surface area contributed by atoms with E-state index in [1.165, 1.54) is 16.0 Å². The monoisotopic (exact) mass is 473 g/mol. The summed E-state index contributed by atoms with van der Waals surface area (Å²) in [5, 5.41) is 2.17. The van der Waals surface area contributed by atoms with Crippen molar-refractivity contribution in [1.82, 2.24) is 14.7 Å². The van der Waals surface area contributed by atoms with Gasteiger partial charge >= 0.3 is 0 Å². The Morgan fingerprint density at radius 1 is 0.882 bits per heavy atom. The lowest BCUT2D eigenvalue weighted by Crippen LogP contribution is -2.45. The lowest BCUT2D eigenvalue weighted by molar-refractivity contribution is -0.132. The van der Waals surface area contributed by atoms with Crippen LogP contribution in [0.2, 0.25) is 0 Å². The van der Waals surface area contributed by atoms with E-state index in [1.807, 2.05) is 58.4 Å². The molecule has 2 aromatic carbocycles. The van der Waals surface area contributed by atoms with Gasteiger partial charge in [0.1, 0.15) is 0 Å². The Morgan fingerprint density at radius 3 is 2.44 bits per heavy atom. The van der Waals surface area contributed by atoms with Crippen molar-refractivity contribution in [2.24, 2.45) is 0 Å². The van der Waals surface area contributed by atoms with Gasteiger partial charge in [-0.25, -0.2) is 0 Å². The van der Waals surface area contributed by atoms with Crippen LogP contribution in [0.25, 0.3) is 0 Å². The van der Waals surface area contributed by atoms with E-state index in [0.717, 1.165) is 30.5 Å². The van der Waals surface area contributed by atoms with Gasteiger partial charge in [-0.3, -0.25) is 14.5 Å². The molecule has 1 atom stereocenters. The van der Waals surface area contributed by atoms with Crippen LogP contribution >= 0.6 is 11.3 Å². The second-order valence-corrected chi connectivity index (χ2v) is 10.2. The first-order valence-electron chi connectivity index (χ1n) is 12.1. The Morgan fingerprint density at radius 2 is 1.62 bits per heavy atom. The number of hydrogen-bond acceptors (Lipinski definition) is 4. The molecule has 176 valence electrons. The topological polar surface area (TPSA) is 43.9 Å². The molecule has 1 saturated heterocycles. The van der Waals surface area contributed by atoms with Crippen molar-refractivity contribution in [1.29, 1.82) is 0 Å². The molecule has 3 aromatic rings. The van der Waals surface area contributed by atoms with Gasteiger partial charge in [0, 0.05) is 43.2 Å². The van der Waals surface area contributed by atoms with Crippen LogP contribution in [0.3, 0.4) is 0 Å². The molecule has 2 amide bonds. The van der Waals surface area contributed by atoms with Crippen LogP contribution in [-0.2, 0) is 11.2 Å². The van der Waals surface area contributed by atoms with Crippen molar-refractivity contribution >= 4 is 23.2 Å². The van der Waals surface area contributed by atoms with E-state index in [-0.39, 0.29) is 17.9 Å². The number of hydrogen-bond donors (Lipinski definition) is 0. The van der Waals surface area contributed by atoms with E-state index >= 15 is 0 Å². The summed E-state index contributed by atoms with van der Waals surface area (Å²) in [6.07, 6.45) is 1.79. The van der Waals surface area contributed by atoms with Gasteiger partial charge in [-0.2, -0.15) is 0 Å². The zero-order chi connectivity index (χ0) is 23.5. The Kier molecular flexibility index (Phi) is 6.79. The molecule has 0 N–H and O–H groups in total. The lowest BCUT2D eigenvalue weighted by atomic mass is 9.93. The van der Waals surface area contributed by atoms with Crippen LogP contribution in [0.1, 0.15) is 44.4 Å². The smallest absolute Gasteiger partial charge is 0.254 e. The van der Waals surface area contributed by atoms with Crippen LogP contribution in [-0.4, -0.2) is 65.8 Å². The highest BCUT2D eigenvalue weighted by atomic mass is 32.1. The summed E-state index contributed by atoms with van der Waals surface area (Å²) in [5.41, 5.74) is 4.32. The van der Waals surface area contributed by atoms with Crippen molar-refractivity contribution in [3.63, 3.8) is 0 Å². The summed E-state index contributed by atoms with van der Waals surface area (Å²) in [6.45, 7) is 5.81. The molecule has 0 spiro atoms. The van der Waals surface area contributed by atoms with Crippen LogP contribution in [0.4, 0.5) is 0 Å². The lowest BCUT2D eigenvalue weighted by Gasteiger charge is -2.37. The first kappa shape index (κ1) is 22.8. The fraction of sp³-hybridized carbons (Fsp3) is 0.357. The summed E-state index contributed by atoms with van der Waals surface area (Å²) in [5.74, 6) is 0.224. The molecule has 3 heterocycles. The molecule has 1 fully saturated rings. The van der Waals surface area contributed by atoms with Gasteiger partial charge < -0.3 is 9.80 Å². The third-order valence-corrected chi connectivity index (χ3v) is 8.03. The minimum absolute atomic E-state index is 0.0672. The maximum absolute atomic E-state index is 13.4. The SMILES string of the molecule is Cc1ccccc1C(=O)N1CCCN(C(=O)CN2CCc3sccc3[C@H]2c2ccccc2)CC1. The third-order valence-electron chi connectivity index (χ3n) is 7.03. The minimum atomic E-state index is 0.0672. The molecule has 2 aliphatic rings. The van der Waals surface area contributed by atoms with Crippen molar-refractivity contribution in [2.45, 2.75) is 25.8 Å². The van der Waals surface area contributed by atoms with E-state index in [9.17, 15) is 9.59 Å². The molecule has 0 radical (unpaired) electrons. The molecule has 34 heavy (non-hydrogen) atoms. The highest BCUT2D eigenvalue weighted by molar-refractivity contribution is 7.10. The third kappa shape index (κ3) is 4.65. The van der Waals surface area contributed by atoms with Crippen molar-refractivity contribution in [3.05, 3.63) is 93.2 Å². The number of amides is 2. The molecule has 1 aromatic heterocycles. The normalized spacial score (nSPS) is 18.9. The highest BCUT2D eigenvalue weighted by Crippen LogP contribution is 2.37. The maximum atomic E-state index is 13.4. The standard InChI is InChI=1S/C28H31N3O2S/c1-21-8-5-6-11-23(21)28(33)30-15-7-14-29(17-18-30)26(32)20-31-16-12-25-24(13-19-34-25)27(31)22-9-3-2-4-10-22/h2-6,8-11,13,19,27H,7,12,14-18,20H2,1H3/t27-/m1/s1. The van der Waals surface area contributed by atoms with Gasteiger partial charge in [0.25, 0.3) is 5.91 Å². The van der Waals surface area contributed by atoms with Gasteiger partial charge in [-0.05, 0) is 54.0 Å². The Labute approximate surface area is 205 Å². The molecular weight excluding hydrogens is 442 g/mol. The number of carbonyl (C=O) groups is 2. The average Bonchev–Trinajstić information content (AvgIpc) is 3.19. The molecule has 5 nitrogen and oxygen atoms in total. The van der Waals surface area contributed by atoms with Crippen LogP contribution in [0.15, 0.2) is 66.0 Å². The maximum Gasteiger partial charge on any atom is 0.254 e. The van der Waals surface area contributed by atoms with E-state index in [1.54, 1.807) is 0 Å². The largest absolute Gasteiger partial charge is 0.340 e. The van der Waals surface area contributed by atoms with E-state index in [4.69, 9.17) is 0 Å². The molecule has 0 bridgehead atoms. The second kappa shape index (κ2) is 10.1. The van der Waals surface area contributed by atoms with Gasteiger partial charge in [-0.1, -0.05) is 48.5 Å². The number of thiophene rings is 1. The quantitative estimate of drug-likeness (QED) is 0.565. The van der Waals surface area contributed by atoms with E-state index in [2.05, 4.69) is 40.6 Å². The van der Waals surface area contributed by atoms with E-state index in [0.29, 0.717) is 32.7 Å². The van der Waals surface area contributed by atoms with Crippen molar-refractivity contribution in [3.8, 4) is 0 Å². The summed E-state index contributed by atoms with van der Waals surface area (Å²) in [6, 6.07) is 20.6. The van der Waals surface area contributed by atoms with Crippen molar-refractivity contribution in [2.75, 3.05) is 39.3 Å². The number of rotatable bonds is 4.